The Bertz CT molecular complexity index is 350. The summed E-state index contributed by atoms with van der Waals surface area (Å²) in [5.41, 5.74) is 4.97. The van der Waals surface area contributed by atoms with Gasteiger partial charge in [0.05, 0.1) is 5.69 Å². The Morgan fingerprint density at radius 2 is 2.43 bits per heavy atom. The molecule has 1 saturated heterocycles. The van der Waals surface area contributed by atoms with Crippen LogP contribution in [-0.2, 0) is 5.60 Å². The SMILES string of the molecule is Nc1cc(C2(O)CCNC2)cnc1F. The highest BCUT2D eigenvalue weighted by Crippen LogP contribution is 2.28. The fourth-order valence-corrected chi connectivity index (χ4v) is 1.64. The number of hydrogen-bond acceptors (Lipinski definition) is 4. The third kappa shape index (κ3) is 1.44. The largest absolute Gasteiger partial charge is 0.395 e. The van der Waals surface area contributed by atoms with Crippen LogP contribution in [0.15, 0.2) is 12.3 Å². The highest BCUT2D eigenvalue weighted by Gasteiger charge is 2.33. The molecule has 5 heteroatoms. The van der Waals surface area contributed by atoms with Crippen LogP contribution in [0.4, 0.5) is 10.1 Å². The highest BCUT2D eigenvalue weighted by molar-refractivity contribution is 5.41. The number of nitrogen functional groups attached to an aromatic ring is 1. The summed E-state index contributed by atoms with van der Waals surface area (Å²) in [6.45, 7) is 1.20. The van der Waals surface area contributed by atoms with Crippen LogP contribution in [0.2, 0.25) is 0 Å². The van der Waals surface area contributed by atoms with E-state index in [2.05, 4.69) is 10.3 Å². The summed E-state index contributed by atoms with van der Waals surface area (Å²) in [6.07, 6.45) is 1.93. The molecule has 4 nitrogen and oxygen atoms in total. The molecule has 2 rings (SSSR count). The minimum Gasteiger partial charge on any atom is -0.395 e. The van der Waals surface area contributed by atoms with Crippen molar-refractivity contribution in [2.24, 2.45) is 0 Å². The number of pyridine rings is 1. The number of nitrogens with one attached hydrogen (secondary N) is 1. The highest BCUT2D eigenvalue weighted by atomic mass is 19.1. The molecule has 1 aliphatic rings. The first-order chi connectivity index (χ1) is 6.62. The third-order valence-electron chi connectivity index (χ3n) is 2.54. The number of halogens is 1. The van der Waals surface area contributed by atoms with Gasteiger partial charge in [0.15, 0.2) is 0 Å². The van der Waals surface area contributed by atoms with E-state index in [1.54, 1.807) is 0 Å². The monoisotopic (exact) mass is 197 g/mol. The van der Waals surface area contributed by atoms with E-state index < -0.39 is 11.5 Å². The molecule has 0 bridgehead atoms. The lowest BCUT2D eigenvalue weighted by atomic mass is 9.94. The molecule has 0 amide bonds. The fraction of sp³-hybridized carbons (Fsp3) is 0.444. The molecule has 1 aromatic rings. The summed E-state index contributed by atoms with van der Waals surface area (Å²) in [5.74, 6) is -0.691. The van der Waals surface area contributed by atoms with Crippen molar-refractivity contribution in [2.75, 3.05) is 18.8 Å². The van der Waals surface area contributed by atoms with Gasteiger partial charge >= 0.3 is 0 Å². The zero-order valence-electron chi connectivity index (χ0n) is 7.63. The van der Waals surface area contributed by atoms with Crippen molar-refractivity contribution >= 4 is 5.69 Å². The Balaban J connectivity index is 2.36. The molecule has 1 aliphatic heterocycles. The van der Waals surface area contributed by atoms with Crippen LogP contribution in [0, 0.1) is 5.95 Å². The average molecular weight is 197 g/mol. The quantitative estimate of drug-likeness (QED) is 0.553. The normalized spacial score (nSPS) is 26.7. The molecule has 2 heterocycles. The molecule has 1 fully saturated rings. The lowest BCUT2D eigenvalue weighted by Crippen LogP contribution is -2.28. The maximum absolute atomic E-state index is 12.8. The number of hydrogen-bond donors (Lipinski definition) is 3. The lowest BCUT2D eigenvalue weighted by molar-refractivity contribution is 0.0583. The van der Waals surface area contributed by atoms with Crippen molar-refractivity contribution < 1.29 is 9.50 Å². The number of nitrogens with two attached hydrogens (primary N) is 1. The van der Waals surface area contributed by atoms with Gasteiger partial charge in [0.25, 0.3) is 0 Å². The van der Waals surface area contributed by atoms with Gasteiger partial charge in [-0.2, -0.15) is 4.39 Å². The second-order valence-corrected chi connectivity index (χ2v) is 3.56. The minimum absolute atomic E-state index is 0.0252. The number of aliphatic hydroxyl groups is 1. The van der Waals surface area contributed by atoms with Crippen molar-refractivity contribution in [3.63, 3.8) is 0 Å². The Hall–Kier alpha value is -1.20. The molecule has 0 aliphatic carbocycles. The number of nitrogens with zero attached hydrogens (tertiary/aromatic N) is 1. The average Bonchev–Trinajstić information content (AvgIpc) is 2.58. The van der Waals surface area contributed by atoms with Crippen LogP contribution >= 0.6 is 0 Å². The van der Waals surface area contributed by atoms with E-state index in [4.69, 9.17) is 5.73 Å². The van der Waals surface area contributed by atoms with E-state index in [1.165, 1.54) is 12.3 Å². The van der Waals surface area contributed by atoms with Gasteiger partial charge in [-0.1, -0.05) is 0 Å². The zero-order valence-corrected chi connectivity index (χ0v) is 7.63. The molecule has 1 atom stereocenters. The van der Waals surface area contributed by atoms with E-state index in [0.717, 1.165) is 6.54 Å². The lowest BCUT2D eigenvalue weighted by Gasteiger charge is -2.21. The number of rotatable bonds is 1. The van der Waals surface area contributed by atoms with Gasteiger partial charge in [-0.15, -0.1) is 0 Å². The van der Waals surface area contributed by atoms with Crippen LogP contribution in [0.1, 0.15) is 12.0 Å². The van der Waals surface area contributed by atoms with E-state index in [1.807, 2.05) is 0 Å². The smallest absolute Gasteiger partial charge is 0.236 e. The number of aromatic nitrogens is 1. The van der Waals surface area contributed by atoms with Crippen LogP contribution in [0.25, 0.3) is 0 Å². The van der Waals surface area contributed by atoms with Gasteiger partial charge in [-0.3, -0.25) is 0 Å². The maximum Gasteiger partial charge on any atom is 0.236 e. The van der Waals surface area contributed by atoms with Crippen molar-refractivity contribution in [2.45, 2.75) is 12.0 Å². The standard InChI is InChI=1S/C9H12FN3O/c10-8-7(11)3-6(4-13-8)9(14)1-2-12-5-9/h3-4,12,14H,1-2,5,11H2. The predicted molar refractivity (Wildman–Crippen MR) is 50.0 cm³/mol. The Labute approximate surface area is 81.0 Å². The first kappa shape index (κ1) is 9.36. The van der Waals surface area contributed by atoms with Gasteiger partial charge in [0, 0.05) is 18.3 Å². The first-order valence-electron chi connectivity index (χ1n) is 4.46. The summed E-state index contributed by atoms with van der Waals surface area (Å²) in [6, 6.07) is 1.44. The predicted octanol–water partition coefficient (Wildman–Crippen LogP) is -0.0162. The molecule has 4 N–H and O–H groups in total. The van der Waals surface area contributed by atoms with Crippen molar-refractivity contribution in [1.82, 2.24) is 10.3 Å². The van der Waals surface area contributed by atoms with Crippen LogP contribution < -0.4 is 11.1 Å². The Morgan fingerprint density at radius 1 is 1.64 bits per heavy atom. The zero-order chi connectivity index (χ0) is 10.2. The van der Waals surface area contributed by atoms with E-state index in [9.17, 15) is 9.50 Å². The topological polar surface area (TPSA) is 71.2 Å². The summed E-state index contributed by atoms with van der Waals surface area (Å²) in [4.78, 5) is 3.49. The van der Waals surface area contributed by atoms with Gasteiger partial charge in [-0.05, 0) is 19.0 Å². The van der Waals surface area contributed by atoms with Gasteiger partial charge in [0.1, 0.15) is 5.60 Å². The molecule has 0 aromatic carbocycles. The van der Waals surface area contributed by atoms with Crippen molar-refractivity contribution in [3.8, 4) is 0 Å². The summed E-state index contributed by atoms with van der Waals surface area (Å²) >= 11 is 0. The molecule has 14 heavy (non-hydrogen) atoms. The fourth-order valence-electron chi connectivity index (χ4n) is 1.64. The van der Waals surface area contributed by atoms with Crippen LogP contribution in [0.3, 0.4) is 0 Å². The second-order valence-electron chi connectivity index (χ2n) is 3.56. The minimum atomic E-state index is -0.950. The van der Waals surface area contributed by atoms with E-state index in [-0.39, 0.29) is 5.69 Å². The molecule has 0 radical (unpaired) electrons. The molecular weight excluding hydrogens is 185 g/mol. The molecule has 1 aromatic heterocycles. The second kappa shape index (κ2) is 3.18. The van der Waals surface area contributed by atoms with Crippen LogP contribution in [-0.4, -0.2) is 23.2 Å². The molecule has 0 saturated carbocycles. The van der Waals surface area contributed by atoms with Gasteiger partial charge < -0.3 is 16.2 Å². The first-order valence-corrected chi connectivity index (χ1v) is 4.46. The van der Waals surface area contributed by atoms with Crippen LogP contribution in [0.5, 0.6) is 0 Å². The summed E-state index contributed by atoms with van der Waals surface area (Å²) in [5, 5.41) is 13.1. The number of anilines is 1. The third-order valence-corrected chi connectivity index (χ3v) is 2.54. The number of β-amino-alcohol motifs (C(OH)–C–C–N with tert-alkyl or cyclic N) is 1. The molecular formula is C9H12FN3O. The maximum atomic E-state index is 12.8. The van der Waals surface area contributed by atoms with E-state index in [0.29, 0.717) is 18.5 Å². The summed E-state index contributed by atoms with van der Waals surface area (Å²) < 4.78 is 12.8. The molecule has 0 spiro atoms. The molecule has 76 valence electrons. The summed E-state index contributed by atoms with van der Waals surface area (Å²) in [7, 11) is 0. The Kier molecular flexibility index (Phi) is 2.13. The van der Waals surface area contributed by atoms with Gasteiger partial charge in [0.2, 0.25) is 5.95 Å². The van der Waals surface area contributed by atoms with Crippen molar-refractivity contribution in [3.05, 3.63) is 23.8 Å². The van der Waals surface area contributed by atoms with Gasteiger partial charge in [-0.25, -0.2) is 4.98 Å². The van der Waals surface area contributed by atoms with Crippen molar-refractivity contribution in [1.29, 1.82) is 0 Å². The Morgan fingerprint density at radius 3 is 3.00 bits per heavy atom. The molecule has 1 unspecified atom stereocenters. The van der Waals surface area contributed by atoms with E-state index >= 15 is 0 Å².